The van der Waals surface area contributed by atoms with Crippen LogP contribution >= 0.6 is 38.5 Å². The minimum absolute atomic E-state index is 0.541. The number of halogens is 2. The highest BCUT2D eigenvalue weighted by atomic mass is 127. The molecule has 0 radical (unpaired) electrons. The highest BCUT2D eigenvalue weighted by Crippen LogP contribution is 2.23. The summed E-state index contributed by atoms with van der Waals surface area (Å²) < 4.78 is 1.07. The second-order valence-corrected chi connectivity index (χ2v) is 3.89. The van der Waals surface area contributed by atoms with Gasteiger partial charge in [0.25, 0.3) is 0 Å². The van der Waals surface area contributed by atoms with E-state index < -0.39 is 5.01 Å². The molecule has 1 atom stereocenters. The minimum atomic E-state index is -0.541. The Hall–Kier alpha value is 0.390. The van der Waals surface area contributed by atoms with Crippen LogP contribution in [-0.4, -0.2) is 5.11 Å². The van der Waals surface area contributed by atoms with Gasteiger partial charge >= 0.3 is 0 Å². The monoisotopic (exact) mass is 312 g/mol. The van der Waals surface area contributed by atoms with Crippen molar-refractivity contribution in [3.63, 3.8) is 0 Å². The van der Waals surface area contributed by atoms with Crippen molar-refractivity contribution in [2.75, 3.05) is 0 Å². The van der Waals surface area contributed by atoms with Crippen molar-refractivity contribution in [1.29, 1.82) is 0 Å². The molecule has 0 fully saturated rings. The van der Waals surface area contributed by atoms with E-state index >= 15 is 0 Å². The van der Waals surface area contributed by atoms with Crippen LogP contribution in [0.1, 0.15) is 10.6 Å². The molecule has 0 aliphatic heterocycles. The first-order chi connectivity index (χ1) is 4.72. The molecule has 54 valence electrons. The number of alkyl halides is 1. The second-order valence-electron chi connectivity index (χ2n) is 1.86. The van der Waals surface area contributed by atoms with Gasteiger partial charge in [-0.15, -0.1) is 0 Å². The van der Waals surface area contributed by atoms with Crippen molar-refractivity contribution in [2.45, 2.75) is 5.01 Å². The molecule has 0 aliphatic rings. The van der Waals surface area contributed by atoms with Gasteiger partial charge in [0.1, 0.15) is 5.01 Å². The molecule has 0 amide bonds. The smallest absolute Gasteiger partial charge is 0.135 e. The predicted molar refractivity (Wildman–Crippen MR) is 53.0 cm³/mol. The third kappa shape index (κ3) is 1.93. The van der Waals surface area contributed by atoms with Gasteiger partial charge < -0.3 is 5.11 Å². The molecule has 0 spiro atoms. The Morgan fingerprint density at radius 3 is 2.40 bits per heavy atom. The molecule has 0 saturated carbocycles. The summed E-state index contributed by atoms with van der Waals surface area (Å²) in [5, 5.41) is 8.58. The van der Waals surface area contributed by atoms with Crippen LogP contribution in [0, 0.1) is 3.57 Å². The van der Waals surface area contributed by atoms with Crippen molar-refractivity contribution < 1.29 is 5.11 Å². The molecule has 0 aliphatic carbocycles. The van der Waals surface area contributed by atoms with Gasteiger partial charge in [0, 0.05) is 9.13 Å². The lowest BCUT2D eigenvalue weighted by atomic mass is 10.2. The van der Waals surface area contributed by atoms with E-state index in [-0.39, 0.29) is 0 Å². The second kappa shape index (κ2) is 3.69. The highest BCUT2D eigenvalue weighted by molar-refractivity contribution is 14.1. The average molecular weight is 313 g/mol. The van der Waals surface area contributed by atoms with E-state index in [9.17, 15) is 0 Å². The van der Waals surface area contributed by atoms with Crippen LogP contribution in [0.3, 0.4) is 0 Å². The molecule has 1 aromatic rings. The van der Waals surface area contributed by atoms with Gasteiger partial charge in [-0.25, -0.2) is 0 Å². The molecule has 1 N–H and O–H groups in total. The van der Waals surface area contributed by atoms with Gasteiger partial charge in [0.05, 0.1) is 0 Å². The maximum atomic E-state index is 9.12. The number of rotatable bonds is 1. The summed E-state index contributed by atoms with van der Waals surface area (Å²) in [7, 11) is 0. The lowest BCUT2D eigenvalue weighted by Gasteiger charge is -2.03. The zero-order valence-electron chi connectivity index (χ0n) is 5.09. The Labute approximate surface area is 81.7 Å². The van der Waals surface area contributed by atoms with Crippen LogP contribution < -0.4 is 0 Å². The predicted octanol–water partition coefficient (Wildman–Crippen LogP) is 2.68. The zero-order valence-corrected chi connectivity index (χ0v) is 8.83. The number of hydrogen-bond donors (Lipinski definition) is 1. The Morgan fingerprint density at radius 1 is 1.40 bits per heavy atom. The summed E-state index contributed by atoms with van der Waals surface area (Å²) >= 11 is 5.27. The fraction of sp³-hybridized carbons (Fsp3) is 0.143. The van der Waals surface area contributed by atoms with Gasteiger partial charge in [-0.1, -0.05) is 34.1 Å². The Kier molecular flexibility index (Phi) is 3.13. The maximum Gasteiger partial charge on any atom is 0.135 e. The number of aliphatic hydroxyl groups excluding tert-OH is 1. The molecule has 3 heteroatoms. The van der Waals surface area contributed by atoms with Crippen LogP contribution in [0.5, 0.6) is 0 Å². The van der Waals surface area contributed by atoms with Gasteiger partial charge in [-0.05, 0) is 28.7 Å². The summed E-state index contributed by atoms with van der Waals surface area (Å²) in [6.07, 6.45) is 0. The van der Waals surface area contributed by atoms with Crippen LogP contribution in [-0.2, 0) is 0 Å². The van der Waals surface area contributed by atoms with Gasteiger partial charge in [0.2, 0.25) is 0 Å². The molecule has 0 aromatic heterocycles. The highest BCUT2D eigenvalue weighted by Gasteiger charge is 2.04. The Balaban J connectivity index is 3.03. The minimum Gasteiger partial charge on any atom is -0.377 e. The van der Waals surface area contributed by atoms with E-state index in [0.29, 0.717) is 0 Å². The lowest BCUT2D eigenvalue weighted by molar-refractivity contribution is 0.276. The van der Waals surface area contributed by atoms with Crippen LogP contribution in [0.4, 0.5) is 0 Å². The molecule has 1 aromatic carbocycles. The first-order valence-corrected chi connectivity index (χ1v) is 4.78. The van der Waals surface area contributed by atoms with Crippen molar-refractivity contribution >= 4 is 38.5 Å². The van der Waals surface area contributed by atoms with Gasteiger partial charge in [0.15, 0.2) is 0 Å². The molecule has 1 rings (SSSR count). The summed E-state index contributed by atoms with van der Waals surface area (Å²) in [5.41, 5.74) is 0.920. The lowest BCUT2D eigenvalue weighted by Crippen LogP contribution is -1.89. The largest absolute Gasteiger partial charge is 0.377 e. The van der Waals surface area contributed by atoms with Gasteiger partial charge in [-0.2, -0.15) is 0 Å². The Morgan fingerprint density at radius 2 is 2.00 bits per heavy atom. The van der Waals surface area contributed by atoms with Crippen molar-refractivity contribution in [2.24, 2.45) is 0 Å². The fourth-order valence-corrected chi connectivity index (χ4v) is 2.18. The van der Waals surface area contributed by atoms with Gasteiger partial charge in [-0.3, -0.25) is 0 Å². The average Bonchev–Trinajstić information content (AvgIpc) is 1.88. The summed E-state index contributed by atoms with van der Waals surface area (Å²) in [6.45, 7) is 0. The third-order valence-electron chi connectivity index (χ3n) is 1.16. The standard InChI is InChI=1S/C7H6BrIO/c8-7(10)5-3-1-2-4-6(5)9/h1-4,7,10H. The van der Waals surface area contributed by atoms with E-state index in [1.165, 1.54) is 0 Å². The zero-order chi connectivity index (χ0) is 7.56. The molecular formula is C7H6BrIO. The van der Waals surface area contributed by atoms with Crippen LogP contribution in [0.15, 0.2) is 24.3 Å². The van der Waals surface area contributed by atoms with Crippen molar-refractivity contribution in [1.82, 2.24) is 0 Å². The molecule has 0 heterocycles. The van der Waals surface area contributed by atoms with E-state index in [1.54, 1.807) is 0 Å². The first kappa shape index (κ1) is 8.49. The quantitative estimate of drug-likeness (QED) is 0.624. The number of benzene rings is 1. The number of aliphatic hydroxyl groups is 1. The number of hydrogen-bond acceptors (Lipinski definition) is 1. The SMILES string of the molecule is OC(Br)c1ccccc1I. The molecule has 1 nitrogen and oxygen atoms in total. The molecule has 0 bridgehead atoms. The molecule has 10 heavy (non-hydrogen) atoms. The third-order valence-corrected chi connectivity index (χ3v) is 2.64. The van der Waals surface area contributed by atoms with E-state index in [4.69, 9.17) is 5.11 Å². The van der Waals surface area contributed by atoms with Crippen molar-refractivity contribution in [3.8, 4) is 0 Å². The molecular weight excluding hydrogens is 307 g/mol. The van der Waals surface area contributed by atoms with E-state index in [0.717, 1.165) is 9.13 Å². The molecule has 0 saturated heterocycles. The summed E-state index contributed by atoms with van der Waals surface area (Å²) in [6, 6.07) is 7.70. The topological polar surface area (TPSA) is 20.2 Å². The van der Waals surface area contributed by atoms with Crippen LogP contribution in [0.25, 0.3) is 0 Å². The maximum absolute atomic E-state index is 9.12. The molecule has 1 unspecified atom stereocenters. The Bertz CT molecular complexity index is 225. The fourth-order valence-electron chi connectivity index (χ4n) is 0.668. The summed E-state index contributed by atoms with van der Waals surface area (Å²) in [5.74, 6) is 0. The van der Waals surface area contributed by atoms with E-state index in [1.807, 2.05) is 24.3 Å². The van der Waals surface area contributed by atoms with E-state index in [2.05, 4.69) is 38.5 Å². The van der Waals surface area contributed by atoms with Crippen molar-refractivity contribution in [3.05, 3.63) is 33.4 Å². The van der Waals surface area contributed by atoms with Crippen LogP contribution in [0.2, 0.25) is 0 Å². The first-order valence-electron chi connectivity index (χ1n) is 2.78. The normalized spacial score (nSPS) is 13.1. The summed E-state index contributed by atoms with van der Waals surface area (Å²) in [4.78, 5) is 0.